The normalized spacial score (nSPS) is 17.9. The van der Waals surface area contributed by atoms with Gasteiger partial charge in [0, 0.05) is 49.2 Å². The van der Waals surface area contributed by atoms with Gasteiger partial charge in [0.25, 0.3) is 40.5 Å². The molecular formula is C34H32N8O14S4+2. The van der Waals surface area contributed by atoms with Crippen LogP contribution in [-0.4, -0.2) is 96.6 Å². The fraction of sp³-hybridized carbons (Fsp3) is 0.176. The summed E-state index contributed by atoms with van der Waals surface area (Å²) in [7, 11) is -19.3. The SMILES string of the molecule is CC1=[N+](c2ccc(S(=O)(=O)O)cc2)NC(=O)C1N=Nc1cc(S(=O)(=O)O)c(-c2cc(C)c(N=NC3C(=O)N[N+](c4ccc(S(=O)(=O)O)cc4)=C3C)cc2S(=O)(=O)O)cc1C. The van der Waals surface area contributed by atoms with Crippen LogP contribution in [0.5, 0.6) is 0 Å². The fourth-order valence-electron chi connectivity index (χ4n) is 6.14. The number of carbonyl (C=O) groups excluding carboxylic acids is 2. The molecule has 314 valence electrons. The number of hydrazone groups is 2. The van der Waals surface area contributed by atoms with Crippen LogP contribution in [0.15, 0.2) is 113 Å². The quantitative estimate of drug-likeness (QED) is 0.0712. The zero-order valence-corrected chi connectivity index (χ0v) is 34.5. The van der Waals surface area contributed by atoms with Crippen molar-refractivity contribution in [3.05, 3.63) is 83.9 Å². The van der Waals surface area contributed by atoms with Gasteiger partial charge in [-0.3, -0.25) is 27.8 Å². The van der Waals surface area contributed by atoms with Gasteiger partial charge < -0.3 is 0 Å². The molecule has 26 heteroatoms. The molecule has 2 aliphatic rings. The smallest absolute Gasteiger partial charge is 0.282 e. The first-order valence-electron chi connectivity index (χ1n) is 16.9. The van der Waals surface area contributed by atoms with Gasteiger partial charge in [0.15, 0.2) is 0 Å². The molecule has 0 spiro atoms. The maximum Gasteiger partial charge on any atom is 0.311 e. The summed E-state index contributed by atoms with van der Waals surface area (Å²) in [5.41, 5.74) is 5.45. The summed E-state index contributed by atoms with van der Waals surface area (Å²) in [6, 6.07) is 11.2. The second-order valence-corrected chi connectivity index (χ2v) is 18.9. The Morgan fingerprint density at radius 1 is 0.500 bits per heavy atom. The first-order chi connectivity index (χ1) is 27.8. The third-order valence-corrected chi connectivity index (χ3v) is 12.8. The van der Waals surface area contributed by atoms with Crippen LogP contribution in [0.1, 0.15) is 25.0 Å². The van der Waals surface area contributed by atoms with Gasteiger partial charge in [-0.15, -0.1) is 10.9 Å². The summed E-state index contributed by atoms with van der Waals surface area (Å²) in [6.45, 7) is 5.90. The van der Waals surface area contributed by atoms with Crippen molar-refractivity contribution in [3.8, 4) is 11.1 Å². The summed E-state index contributed by atoms with van der Waals surface area (Å²) >= 11 is 0. The number of amides is 2. The van der Waals surface area contributed by atoms with Gasteiger partial charge in [0.2, 0.25) is 34.9 Å². The molecule has 2 heterocycles. The van der Waals surface area contributed by atoms with Gasteiger partial charge in [-0.1, -0.05) is 9.37 Å². The second-order valence-electron chi connectivity index (χ2n) is 13.3. The molecule has 0 saturated heterocycles. The zero-order valence-electron chi connectivity index (χ0n) is 31.3. The number of benzene rings is 4. The Balaban J connectivity index is 1.35. The molecule has 4 aromatic carbocycles. The molecule has 2 atom stereocenters. The molecule has 6 rings (SSSR count). The van der Waals surface area contributed by atoms with Crippen molar-refractivity contribution in [3.63, 3.8) is 0 Å². The Morgan fingerprint density at radius 2 is 0.817 bits per heavy atom. The third-order valence-electron chi connectivity index (χ3n) is 9.23. The number of hydrogen-bond acceptors (Lipinski definition) is 14. The van der Waals surface area contributed by atoms with Crippen molar-refractivity contribution in [1.29, 1.82) is 0 Å². The average molecular weight is 905 g/mol. The minimum absolute atomic E-state index is 0.164. The molecule has 6 N–H and O–H groups in total. The van der Waals surface area contributed by atoms with Crippen LogP contribution >= 0.6 is 0 Å². The lowest BCUT2D eigenvalue weighted by Gasteiger charge is -2.15. The summed E-state index contributed by atoms with van der Waals surface area (Å²) in [4.78, 5) is 23.3. The standard InChI is InChI=1S/C34H30N8O14S4/c1-17-13-25(29(59(51,52)53)15-27(17)35-37-31-19(3)41(39-33(31)43)21-5-9-23(10-6-21)57(45,46)47)26-14-18(2)28(16-30(26)60(54,55)56)36-38-32-20(4)42(40-34(32)44)22-7-11-24(12-8-22)58(48,49)50/h5-16,31-32H,1-4H3,(H4-2,39,40,43,44,45,46,47,48,49,50,51,52,53,54,55,56)/p+2. The predicted octanol–water partition coefficient (Wildman–Crippen LogP) is 3.56. The van der Waals surface area contributed by atoms with Gasteiger partial charge in [-0.25, -0.2) is 0 Å². The molecule has 4 aromatic rings. The van der Waals surface area contributed by atoms with Crippen LogP contribution in [0.4, 0.5) is 22.7 Å². The van der Waals surface area contributed by atoms with E-state index in [1.165, 1.54) is 61.3 Å². The number of nitrogens with zero attached hydrogens (tertiary/aromatic N) is 6. The van der Waals surface area contributed by atoms with Crippen LogP contribution in [-0.2, 0) is 50.1 Å². The van der Waals surface area contributed by atoms with E-state index in [0.717, 1.165) is 48.5 Å². The highest BCUT2D eigenvalue weighted by atomic mass is 32.2. The van der Waals surface area contributed by atoms with Crippen molar-refractivity contribution in [1.82, 2.24) is 10.9 Å². The third kappa shape index (κ3) is 8.80. The monoisotopic (exact) mass is 904 g/mol. The van der Waals surface area contributed by atoms with E-state index < -0.39 is 74.2 Å². The highest BCUT2D eigenvalue weighted by Gasteiger charge is 2.41. The maximum atomic E-state index is 12.9. The highest BCUT2D eigenvalue weighted by Crippen LogP contribution is 2.40. The molecule has 0 fully saturated rings. The van der Waals surface area contributed by atoms with E-state index in [1.807, 2.05) is 0 Å². The topological polar surface area (TPSA) is 331 Å². The van der Waals surface area contributed by atoms with Crippen LogP contribution in [0.25, 0.3) is 11.1 Å². The Morgan fingerprint density at radius 3 is 1.10 bits per heavy atom. The Hall–Kier alpha value is -6.00. The van der Waals surface area contributed by atoms with E-state index in [-0.39, 0.29) is 54.8 Å². The molecule has 2 amide bonds. The van der Waals surface area contributed by atoms with E-state index in [4.69, 9.17) is 0 Å². The Bertz CT molecular complexity index is 2900. The van der Waals surface area contributed by atoms with Gasteiger partial charge in [-0.05, 0) is 73.5 Å². The maximum absolute atomic E-state index is 12.9. The first kappa shape index (κ1) is 43.6. The molecule has 60 heavy (non-hydrogen) atoms. The molecule has 0 aromatic heterocycles. The predicted molar refractivity (Wildman–Crippen MR) is 208 cm³/mol. The van der Waals surface area contributed by atoms with Crippen molar-refractivity contribution in [2.75, 3.05) is 0 Å². The van der Waals surface area contributed by atoms with Crippen molar-refractivity contribution in [2.24, 2.45) is 20.5 Å². The largest absolute Gasteiger partial charge is 0.311 e. The van der Waals surface area contributed by atoms with Crippen molar-refractivity contribution in [2.45, 2.75) is 59.4 Å². The van der Waals surface area contributed by atoms with Gasteiger partial charge >= 0.3 is 11.8 Å². The van der Waals surface area contributed by atoms with E-state index in [9.17, 15) is 61.5 Å². The molecule has 0 bridgehead atoms. The number of rotatable bonds is 11. The molecule has 0 radical (unpaired) electrons. The van der Waals surface area contributed by atoms with Crippen molar-refractivity contribution >= 4 is 86.5 Å². The number of hydrazine groups is 2. The van der Waals surface area contributed by atoms with E-state index in [1.54, 1.807) is 0 Å². The summed E-state index contributed by atoms with van der Waals surface area (Å²) in [5.74, 6) is -1.34. The van der Waals surface area contributed by atoms with Crippen LogP contribution < -0.4 is 10.9 Å². The molecule has 2 aliphatic heterocycles. The Kier molecular flexibility index (Phi) is 11.3. The number of hydrogen-bond donors (Lipinski definition) is 6. The number of carbonyl (C=O) groups is 2. The lowest BCUT2D eigenvalue weighted by molar-refractivity contribution is -0.486. The lowest BCUT2D eigenvalue weighted by atomic mass is 9.99. The zero-order chi connectivity index (χ0) is 44.3. The van der Waals surface area contributed by atoms with Gasteiger partial charge in [0.1, 0.15) is 9.79 Å². The molecular weight excluding hydrogens is 873 g/mol. The molecule has 0 saturated carbocycles. The summed E-state index contributed by atoms with van der Waals surface area (Å²) in [5, 5.41) is 16.2. The number of nitrogens with one attached hydrogen (secondary N) is 2. The van der Waals surface area contributed by atoms with E-state index >= 15 is 0 Å². The first-order valence-corrected chi connectivity index (χ1v) is 22.6. The van der Waals surface area contributed by atoms with E-state index in [2.05, 4.69) is 31.3 Å². The second kappa shape index (κ2) is 15.6. The van der Waals surface area contributed by atoms with Crippen LogP contribution in [0, 0.1) is 13.8 Å². The number of aryl methyl sites for hydroxylation is 2. The van der Waals surface area contributed by atoms with Crippen LogP contribution in [0.2, 0.25) is 0 Å². The average Bonchev–Trinajstić information content (AvgIpc) is 3.60. The minimum atomic E-state index is -5.16. The molecule has 2 unspecified atom stereocenters. The molecule has 22 nitrogen and oxygen atoms in total. The Labute approximate surface area is 341 Å². The molecule has 0 aliphatic carbocycles. The van der Waals surface area contributed by atoms with Gasteiger partial charge in [0.05, 0.1) is 21.2 Å². The minimum Gasteiger partial charge on any atom is -0.282 e. The van der Waals surface area contributed by atoms with Crippen molar-refractivity contribution < 1.29 is 70.8 Å². The van der Waals surface area contributed by atoms with Crippen LogP contribution in [0.3, 0.4) is 0 Å². The van der Waals surface area contributed by atoms with Gasteiger partial charge in [-0.2, -0.15) is 54.1 Å². The fourth-order valence-corrected chi connectivity index (χ4v) is 8.52. The summed E-state index contributed by atoms with van der Waals surface area (Å²) < 4.78 is 139. The summed E-state index contributed by atoms with van der Waals surface area (Å²) in [6.07, 6.45) is 0. The lowest BCUT2D eigenvalue weighted by Crippen LogP contribution is -2.28. The highest BCUT2D eigenvalue weighted by molar-refractivity contribution is 7.86. The number of azo groups is 2. The van der Waals surface area contributed by atoms with E-state index in [0.29, 0.717) is 11.4 Å².